The average molecular weight is 452 g/mol. The molecule has 5 nitrogen and oxygen atoms in total. The van der Waals surface area contributed by atoms with Gasteiger partial charge < -0.3 is 9.47 Å². The quantitative estimate of drug-likeness (QED) is 0.564. The van der Waals surface area contributed by atoms with Crippen LogP contribution in [0.15, 0.2) is 64.8 Å². The van der Waals surface area contributed by atoms with Gasteiger partial charge in [-0.1, -0.05) is 35.9 Å². The Labute approximate surface area is 193 Å². The second kappa shape index (κ2) is 9.29. The minimum atomic E-state index is -0.645. The van der Waals surface area contributed by atoms with Crippen LogP contribution in [-0.2, 0) is 14.3 Å². The van der Waals surface area contributed by atoms with Gasteiger partial charge in [-0.3, -0.25) is 14.6 Å². The third kappa shape index (κ3) is 4.22. The van der Waals surface area contributed by atoms with E-state index in [1.54, 1.807) is 20.1 Å². The predicted molar refractivity (Wildman–Crippen MR) is 124 cm³/mol. The van der Waals surface area contributed by atoms with Gasteiger partial charge in [0, 0.05) is 34.3 Å². The number of ketones is 1. The van der Waals surface area contributed by atoms with Crippen molar-refractivity contribution in [2.75, 3.05) is 13.7 Å². The van der Waals surface area contributed by atoms with E-state index in [2.05, 4.69) is 0 Å². The van der Waals surface area contributed by atoms with Crippen LogP contribution in [0, 0.1) is 5.92 Å². The van der Waals surface area contributed by atoms with Crippen molar-refractivity contribution in [3.05, 3.63) is 76.0 Å². The molecule has 0 spiro atoms. The summed E-state index contributed by atoms with van der Waals surface area (Å²) in [5.74, 6) is -0.639. The molecule has 0 fully saturated rings. The number of benzene rings is 2. The molecule has 0 bridgehead atoms. The highest BCUT2D eigenvalue weighted by Crippen LogP contribution is 2.47. The van der Waals surface area contributed by atoms with Crippen molar-refractivity contribution in [3.8, 4) is 5.75 Å². The largest absolute Gasteiger partial charge is 0.497 e. The fourth-order valence-electron chi connectivity index (χ4n) is 4.77. The second-order valence-electron chi connectivity index (χ2n) is 8.18. The molecule has 166 valence electrons. The van der Waals surface area contributed by atoms with Crippen LogP contribution < -0.4 is 4.74 Å². The fraction of sp³-hybridized carbons (Fsp3) is 0.346. The van der Waals surface area contributed by atoms with E-state index in [9.17, 15) is 9.59 Å². The molecular weight excluding hydrogens is 426 g/mol. The highest BCUT2D eigenvalue weighted by atomic mass is 35.5. The molecule has 6 heteroatoms. The fourth-order valence-corrected chi connectivity index (χ4v) is 4.97. The average Bonchev–Trinajstić information content (AvgIpc) is 2.78. The first-order valence-corrected chi connectivity index (χ1v) is 11.2. The maximum atomic E-state index is 13.5. The number of carbonyl (C=O) groups excluding carboxylic acids is 2. The van der Waals surface area contributed by atoms with Gasteiger partial charge in [0.25, 0.3) is 0 Å². The summed E-state index contributed by atoms with van der Waals surface area (Å²) < 4.78 is 10.6. The predicted octanol–water partition coefficient (Wildman–Crippen LogP) is 5.49. The summed E-state index contributed by atoms with van der Waals surface area (Å²) in [6.07, 6.45) is 1.00. The van der Waals surface area contributed by atoms with Crippen LogP contribution in [0.3, 0.4) is 0 Å². The van der Waals surface area contributed by atoms with Crippen molar-refractivity contribution in [3.63, 3.8) is 0 Å². The van der Waals surface area contributed by atoms with E-state index in [1.807, 2.05) is 49.4 Å². The number of methoxy groups -OCH3 is 1. The number of aliphatic imine (C=N–C) groups is 1. The molecule has 1 aliphatic heterocycles. The summed E-state index contributed by atoms with van der Waals surface area (Å²) >= 11 is 6.27. The van der Waals surface area contributed by atoms with Crippen molar-refractivity contribution in [1.82, 2.24) is 0 Å². The molecule has 0 aromatic heterocycles. The molecule has 2 aromatic rings. The summed E-state index contributed by atoms with van der Waals surface area (Å²) in [6.45, 7) is 3.88. The summed E-state index contributed by atoms with van der Waals surface area (Å²) in [5.41, 5.74) is 3.93. The molecule has 0 saturated carbocycles. The van der Waals surface area contributed by atoms with E-state index < -0.39 is 11.8 Å². The lowest BCUT2D eigenvalue weighted by Gasteiger charge is -2.36. The Kier molecular flexibility index (Phi) is 6.47. The number of rotatable bonds is 5. The lowest BCUT2D eigenvalue weighted by atomic mass is 9.69. The number of Topliss-reactive ketones (excluding diaryl/α,β-unsaturated/α-hetero) is 1. The number of halogens is 1. The van der Waals surface area contributed by atoms with Crippen molar-refractivity contribution in [2.24, 2.45) is 10.9 Å². The lowest BCUT2D eigenvalue weighted by molar-refractivity contribution is -0.146. The van der Waals surface area contributed by atoms with Gasteiger partial charge in [0.2, 0.25) is 0 Å². The van der Waals surface area contributed by atoms with Crippen LogP contribution in [0.1, 0.15) is 49.7 Å². The van der Waals surface area contributed by atoms with Crippen LogP contribution in [0.2, 0.25) is 5.02 Å². The molecule has 1 heterocycles. The van der Waals surface area contributed by atoms with Gasteiger partial charge >= 0.3 is 5.97 Å². The molecule has 4 rings (SSSR count). The van der Waals surface area contributed by atoms with Gasteiger partial charge in [0.05, 0.1) is 13.7 Å². The normalized spacial score (nSPS) is 22.8. The summed E-state index contributed by atoms with van der Waals surface area (Å²) in [7, 11) is 1.63. The summed E-state index contributed by atoms with van der Waals surface area (Å²) in [4.78, 5) is 31.2. The number of carbonyl (C=O) groups is 2. The number of nitrogens with zero attached hydrogens (tertiary/aromatic N) is 1. The van der Waals surface area contributed by atoms with Gasteiger partial charge in [0.1, 0.15) is 11.7 Å². The highest BCUT2D eigenvalue weighted by Gasteiger charge is 2.44. The van der Waals surface area contributed by atoms with Crippen LogP contribution in [-0.4, -0.2) is 31.2 Å². The van der Waals surface area contributed by atoms with Gasteiger partial charge in [-0.2, -0.15) is 0 Å². The van der Waals surface area contributed by atoms with Gasteiger partial charge in [-0.05, 0) is 61.6 Å². The maximum Gasteiger partial charge on any atom is 0.315 e. The van der Waals surface area contributed by atoms with Gasteiger partial charge in [-0.15, -0.1) is 0 Å². The van der Waals surface area contributed by atoms with E-state index in [-0.39, 0.29) is 24.3 Å². The van der Waals surface area contributed by atoms with Crippen LogP contribution in [0.5, 0.6) is 5.75 Å². The molecule has 0 saturated heterocycles. The van der Waals surface area contributed by atoms with Crippen molar-refractivity contribution >= 4 is 29.1 Å². The first-order valence-electron chi connectivity index (χ1n) is 10.8. The van der Waals surface area contributed by atoms with E-state index in [4.69, 9.17) is 26.1 Å². The minimum Gasteiger partial charge on any atom is -0.497 e. The Morgan fingerprint density at radius 1 is 1.12 bits per heavy atom. The Bertz CT molecular complexity index is 1100. The Balaban J connectivity index is 1.77. The molecule has 32 heavy (non-hydrogen) atoms. The van der Waals surface area contributed by atoms with E-state index >= 15 is 0 Å². The monoisotopic (exact) mass is 451 g/mol. The first-order chi connectivity index (χ1) is 15.4. The van der Waals surface area contributed by atoms with E-state index in [1.165, 1.54) is 0 Å². The molecule has 0 amide bonds. The Hall–Kier alpha value is -2.92. The van der Waals surface area contributed by atoms with E-state index in [0.29, 0.717) is 29.1 Å². The number of hydrogen-bond acceptors (Lipinski definition) is 5. The molecule has 1 aliphatic carbocycles. The number of esters is 1. The van der Waals surface area contributed by atoms with Crippen molar-refractivity contribution in [2.45, 2.75) is 38.5 Å². The standard InChI is InChI=1S/C26H26ClNO4/c1-4-32-26(30)23-15(2)28-21-13-18(16-8-10-20(31-3)11-9-16)14-22(29)25(21)24(23)17-6-5-7-19(27)12-17/h5-12,18,23-24H,4,13-14H2,1-3H3/t18-,23?,24-/m1/s1. The van der Waals surface area contributed by atoms with Crippen molar-refractivity contribution in [1.29, 1.82) is 0 Å². The molecular formula is C26H26ClNO4. The minimum absolute atomic E-state index is 0.0163. The SMILES string of the molecule is CCOC(=O)C1C(C)=NC2=C(C(=O)C[C@H](c3ccc(OC)cc3)C2)[C@@H]1c1cccc(Cl)c1. The Morgan fingerprint density at radius 2 is 1.88 bits per heavy atom. The zero-order chi connectivity index (χ0) is 22.8. The van der Waals surface area contributed by atoms with Crippen LogP contribution in [0.4, 0.5) is 0 Å². The number of ether oxygens (including phenoxy) is 2. The molecule has 3 atom stereocenters. The third-order valence-electron chi connectivity index (χ3n) is 6.22. The zero-order valence-electron chi connectivity index (χ0n) is 18.4. The smallest absolute Gasteiger partial charge is 0.315 e. The molecule has 2 aromatic carbocycles. The lowest BCUT2D eigenvalue weighted by Crippen LogP contribution is -2.38. The van der Waals surface area contributed by atoms with Crippen molar-refractivity contribution < 1.29 is 19.1 Å². The van der Waals surface area contributed by atoms with Gasteiger partial charge in [-0.25, -0.2) is 0 Å². The molecule has 2 aliphatic rings. The van der Waals surface area contributed by atoms with Crippen LogP contribution in [0.25, 0.3) is 0 Å². The second-order valence-corrected chi connectivity index (χ2v) is 8.61. The summed E-state index contributed by atoms with van der Waals surface area (Å²) in [5, 5.41) is 0.562. The molecule has 0 N–H and O–H groups in total. The maximum absolute atomic E-state index is 13.5. The summed E-state index contributed by atoms with van der Waals surface area (Å²) in [6, 6.07) is 15.2. The molecule has 0 radical (unpaired) electrons. The first kappa shape index (κ1) is 22.3. The topological polar surface area (TPSA) is 65.0 Å². The number of allylic oxidation sites excluding steroid dienone is 2. The zero-order valence-corrected chi connectivity index (χ0v) is 19.2. The third-order valence-corrected chi connectivity index (χ3v) is 6.46. The highest BCUT2D eigenvalue weighted by molar-refractivity contribution is 6.30. The molecule has 1 unspecified atom stereocenters. The van der Waals surface area contributed by atoms with E-state index in [0.717, 1.165) is 22.6 Å². The van der Waals surface area contributed by atoms with Gasteiger partial charge in [0.15, 0.2) is 5.78 Å². The van der Waals surface area contributed by atoms with Crippen LogP contribution >= 0.6 is 11.6 Å². The Morgan fingerprint density at radius 3 is 2.53 bits per heavy atom. The number of hydrogen-bond donors (Lipinski definition) is 0.